The van der Waals surface area contributed by atoms with Crippen LogP contribution >= 0.6 is 0 Å². The molecule has 2 saturated carbocycles. The molecule has 0 amide bonds. The zero-order chi connectivity index (χ0) is 13.6. The van der Waals surface area contributed by atoms with Gasteiger partial charge in [-0.3, -0.25) is 0 Å². The van der Waals surface area contributed by atoms with Crippen LogP contribution in [0.25, 0.3) is 0 Å². The van der Waals surface area contributed by atoms with Gasteiger partial charge < -0.3 is 4.74 Å². The number of hydrogen-bond acceptors (Lipinski definition) is 2. The van der Waals surface area contributed by atoms with E-state index in [1.807, 2.05) is 0 Å². The third-order valence-corrected chi connectivity index (χ3v) is 5.65. The van der Waals surface area contributed by atoms with Crippen LogP contribution in [-0.4, -0.2) is 12.1 Å². The predicted octanol–water partition coefficient (Wildman–Crippen LogP) is 3.88. The van der Waals surface area contributed by atoms with Crippen LogP contribution in [0.1, 0.15) is 47.0 Å². The van der Waals surface area contributed by atoms with Gasteiger partial charge in [-0.05, 0) is 37.5 Å². The van der Waals surface area contributed by atoms with Gasteiger partial charge in [0.1, 0.15) is 6.10 Å². The van der Waals surface area contributed by atoms with Crippen LogP contribution < -0.4 is 0 Å². The van der Waals surface area contributed by atoms with Crippen LogP contribution in [0.5, 0.6) is 0 Å². The summed E-state index contributed by atoms with van der Waals surface area (Å²) in [6, 6.07) is 0. The van der Waals surface area contributed by atoms with E-state index < -0.39 is 0 Å². The lowest BCUT2D eigenvalue weighted by Crippen LogP contribution is -2.38. The summed E-state index contributed by atoms with van der Waals surface area (Å²) in [5.74, 6) is 0.508. The van der Waals surface area contributed by atoms with Crippen molar-refractivity contribution in [3.8, 4) is 0 Å². The number of fused-ring (bicyclic) bond motifs is 2. The first-order valence-electron chi connectivity index (χ1n) is 6.83. The van der Waals surface area contributed by atoms with E-state index >= 15 is 0 Å². The highest BCUT2D eigenvalue weighted by Crippen LogP contribution is 2.66. The number of hydrogen-bond donors (Lipinski definition) is 0. The summed E-state index contributed by atoms with van der Waals surface area (Å²) in [5, 5.41) is 0. The van der Waals surface area contributed by atoms with E-state index in [0.29, 0.717) is 11.5 Å². The molecule has 0 saturated heterocycles. The van der Waals surface area contributed by atoms with Gasteiger partial charge in [-0.15, -0.1) is 0 Å². The first-order chi connectivity index (χ1) is 8.33. The molecule has 3 atom stereocenters. The van der Waals surface area contributed by atoms with E-state index in [1.54, 1.807) is 19.1 Å². The van der Waals surface area contributed by atoms with Crippen LogP contribution in [0, 0.1) is 16.7 Å². The second kappa shape index (κ2) is 4.25. The second-order valence-corrected chi connectivity index (χ2v) is 6.59. The Kier molecular flexibility index (Phi) is 3.16. The highest BCUT2D eigenvalue weighted by atomic mass is 16.5. The zero-order valence-corrected chi connectivity index (χ0v) is 12.0. The highest BCUT2D eigenvalue weighted by Gasteiger charge is 2.62. The molecule has 2 nitrogen and oxygen atoms in total. The lowest BCUT2D eigenvalue weighted by Gasteiger charge is -2.38. The van der Waals surface area contributed by atoms with Gasteiger partial charge in [0.05, 0.1) is 0 Å². The molecule has 2 rings (SSSR count). The summed E-state index contributed by atoms with van der Waals surface area (Å²) in [5.41, 5.74) is 1.06. The molecular weight excluding hydrogens is 224 g/mol. The quantitative estimate of drug-likeness (QED) is 0.430. The number of allylic oxidation sites excluding steroid dienone is 2. The molecule has 0 spiro atoms. The summed E-state index contributed by atoms with van der Waals surface area (Å²) in [7, 11) is 0. The monoisotopic (exact) mass is 248 g/mol. The number of rotatable bonds is 3. The van der Waals surface area contributed by atoms with Gasteiger partial charge in [-0.25, -0.2) is 4.79 Å². The molecule has 2 aliphatic rings. The van der Waals surface area contributed by atoms with Gasteiger partial charge >= 0.3 is 5.97 Å². The molecule has 0 N–H and O–H groups in total. The van der Waals surface area contributed by atoms with Crippen molar-refractivity contribution in [1.82, 2.24) is 0 Å². The molecule has 0 aromatic carbocycles. The maximum Gasteiger partial charge on any atom is 0.334 e. The van der Waals surface area contributed by atoms with Crippen molar-refractivity contribution in [2.24, 2.45) is 16.7 Å². The van der Waals surface area contributed by atoms with Crippen molar-refractivity contribution in [3.63, 3.8) is 0 Å². The molecule has 0 aliphatic heterocycles. The first-order valence-corrected chi connectivity index (χ1v) is 6.83. The Labute approximate surface area is 110 Å². The number of ether oxygens (including phenoxy) is 1. The first kappa shape index (κ1) is 13.4. The molecule has 2 heteroatoms. The zero-order valence-electron chi connectivity index (χ0n) is 12.0. The third kappa shape index (κ3) is 1.73. The number of esters is 1. The molecule has 1 unspecified atom stereocenters. The Morgan fingerprint density at radius 2 is 2.06 bits per heavy atom. The summed E-state index contributed by atoms with van der Waals surface area (Å²) in [6.07, 6.45) is 6.89. The van der Waals surface area contributed by atoms with E-state index in [9.17, 15) is 4.79 Å². The predicted molar refractivity (Wildman–Crippen MR) is 73.1 cm³/mol. The minimum absolute atomic E-state index is 0.0758. The SMILES string of the molecule is C=CC=C(C)C(=O)OC1C[C@H]2CC[C@@]1(C)C2(C)C. The molecule has 2 fully saturated rings. The van der Waals surface area contributed by atoms with Gasteiger partial charge in [-0.1, -0.05) is 39.5 Å². The van der Waals surface area contributed by atoms with E-state index in [0.717, 1.165) is 6.42 Å². The molecule has 0 aromatic heterocycles. The van der Waals surface area contributed by atoms with Crippen molar-refractivity contribution in [1.29, 1.82) is 0 Å². The van der Waals surface area contributed by atoms with Crippen LogP contribution in [0.4, 0.5) is 0 Å². The lowest BCUT2D eigenvalue weighted by molar-refractivity contribution is -0.151. The average Bonchev–Trinajstić information content (AvgIpc) is 2.62. The Morgan fingerprint density at radius 1 is 1.39 bits per heavy atom. The van der Waals surface area contributed by atoms with E-state index in [2.05, 4.69) is 27.4 Å². The van der Waals surface area contributed by atoms with E-state index in [1.165, 1.54) is 12.8 Å². The van der Waals surface area contributed by atoms with Gasteiger partial charge in [0.15, 0.2) is 0 Å². The molecular formula is C16H24O2. The van der Waals surface area contributed by atoms with Crippen molar-refractivity contribution in [3.05, 3.63) is 24.3 Å². The van der Waals surface area contributed by atoms with Crippen molar-refractivity contribution in [2.75, 3.05) is 0 Å². The molecule has 0 heterocycles. The van der Waals surface area contributed by atoms with Crippen LogP contribution in [0.2, 0.25) is 0 Å². The fourth-order valence-electron chi connectivity index (χ4n) is 3.78. The molecule has 18 heavy (non-hydrogen) atoms. The van der Waals surface area contributed by atoms with Crippen LogP contribution in [0.15, 0.2) is 24.3 Å². The second-order valence-electron chi connectivity index (χ2n) is 6.59. The minimum Gasteiger partial charge on any atom is -0.458 e. The summed E-state index contributed by atoms with van der Waals surface area (Å²) in [4.78, 5) is 12.0. The van der Waals surface area contributed by atoms with E-state index in [-0.39, 0.29) is 22.9 Å². The smallest absolute Gasteiger partial charge is 0.334 e. The van der Waals surface area contributed by atoms with E-state index in [4.69, 9.17) is 4.74 Å². The Balaban J connectivity index is 2.12. The average molecular weight is 248 g/mol. The molecule has 0 aromatic rings. The summed E-state index contributed by atoms with van der Waals surface area (Å²) >= 11 is 0. The van der Waals surface area contributed by atoms with Crippen LogP contribution in [-0.2, 0) is 9.53 Å². The summed E-state index contributed by atoms with van der Waals surface area (Å²) in [6.45, 7) is 12.3. The topological polar surface area (TPSA) is 26.3 Å². The van der Waals surface area contributed by atoms with Gasteiger partial charge in [0, 0.05) is 11.0 Å². The fourth-order valence-corrected chi connectivity index (χ4v) is 3.78. The largest absolute Gasteiger partial charge is 0.458 e. The van der Waals surface area contributed by atoms with Crippen molar-refractivity contribution >= 4 is 5.97 Å². The van der Waals surface area contributed by atoms with Crippen molar-refractivity contribution in [2.45, 2.75) is 53.1 Å². The highest BCUT2D eigenvalue weighted by molar-refractivity contribution is 5.88. The lowest BCUT2D eigenvalue weighted by atomic mass is 9.70. The third-order valence-electron chi connectivity index (χ3n) is 5.65. The molecule has 2 bridgehead atoms. The standard InChI is InChI=1S/C16H24O2/c1-6-7-11(2)14(17)18-13-10-12-8-9-16(13,5)15(12,3)4/h6-7,12-13H,1,8-10H2,2-5H3/t12-,13?,16-/m1/s1. The maximum absolute atomic E-state index is 12.0. The molecule has 2 aliphatic carbocycles. The van der Waals surface area contributed by atoms with Crippen molar-refractivity contribution < 1.29 is 9.53 Å². The number of carbonyl (C=O) groups excluding carboxylic acids is 1. The van der Waals surface area contributed by atoms with Gasteiger partial charge in [-0.2, -0.15) is 0 Å². The number of carbonyl (C=O) groups is 1. The molecule has 0 radical (unpaired) electrons. The minimum atomic E-state index is -0.190. The Hall–Kier alpha value is -1.05. The van der Waals surface area contributed by atoms with Crippen LogP contribution in [0.3, 0.4) is 0 Å². The molecule has 100 valence electrons. The Morgan fingerprint density at radius 3 is 2.50 bits per heavy atom. The maximum atomic E-state index is 12.0. The normalized spacial score (nSPS) is 37.7. The van der Waals surface area contributed by atoms with Gasteiger partial charge in [0.25, 0.3) is 0 Å². The Bertz CT molecular complexity index is 405. The summed E-state index contributed by atoms with van der Waals surface area (Å²) < 4.78 is 5.74. The fraction of sp³-hybridized carbons (Fsp3) is 0.688. The van der Waals surface area contributed by atoms with Gasteiger partial charge in [0.2, 0.25) is 0 Å².